The van der Waals surface area contributed by atoms with Gasteiger partial charge in [0.25, 0.3) is 0 Å². The van der Waals surface area contributed by atoms with Crippen molar-refractivity contribution in [2.75, 3.05) is 19.6 Å². The second kappa shape index (κ2) is 5.93. The van der Waals surface area contributed by atoms with Crippen LogP contribution in [0.15, 0.2) is 23.4 Å². The van der Waals surface area contributed by atoms with Crippen molar-refractivity contribution in [1.82, 2.24) is 4.90 Å². The van der Waals surface area contributed by atoms with Crippen LogP contribution in [0, 0.1) is 6.92 Å². The Morgan fingerprint density at radius 3 is 3.05 bits per heavy atom. The van der Waals surface area contributed by atoms with Crippen LogP contribution in [0.4, 0.5) is 0 Å². The highest BCUT2D eigenvalue weighted by Gasteiger charge is 2.24. The Labute approximate surface area is 113 Å². The predicted octanol–water partition coefficient (Wildman–Crippen LogP) is 1.37. The number of likely N-dealkylation sites (N-methyl/N-ethyl adjacent to an activating group) is 1. The number of amidine groups is 1. The summed E-state index contributed by atoms with van der Waals surface area (Å²) in [6, 6.07) is 6.27. The smallest absolute Gasteiger partial charge is 0.153 e. The minimum absolute atomic E-state index is 0.142. The van der Waals surface area contributed by atoms with Gasteiger partial charge < -0.3 is 15.7 Å². The fraction of sp³-hybridized carbons (Fsp3) is 0.500. The Kier molecular flexibility index (Phi) is 4.27. The Morgan fingerprint density at radius 1 is 1.58 bits per heavy atom. The van der Waals surface area contributed by atoms with E-state index in [1.807, 2.05) is 6.07 Å². The number of fused-ring (bicyclic) bond motifs is 1. The number of nitrogens with two attached hydrogens (primary N) is 1. The molecule has 0 spiro atoms. The molecule has 0 saturated heterocycles. The van der Waals surface area contributed by atoms with Gasteiger partial charge in [-0.2, -0.15) is 0 Å². The highest BCUT2D eigenvalue weighted by atomic mass is 16.5. The molecule has 1 atom stereocenters. The second-order valence-electron chi connectivity index (χ2n) is 4.97. The van der Waals surface area contributed by atoms with Crippen LogP contribution in [0.1, 0.15) is 18.1 Å². The molecule has 1 aliphatic rings. The lowest BCUT2D eigenvalue weighted by atomic mass is 10.1. The topological polar surface area (TPSA) is 71.1 Å². The maximum atomic E-state index is 8.62. The molecule has 1 unspecified atom stereocenters. The fourth-order valence-corrected chi connectivity index (χ4v) is 2.41. The molecule has 0 radical (unpaired) electrons. The molecule has 19 heavy (non-hydrogen) atoms. The quantitative estimate of drug-likeness (QED) is 0.364. The Balaban J connectivity index is 1.95. The Hall–Kier alpha value is -1.75. The monoisotopic (exact) mass is 263 g/mol. The highest BCUT2D eigenvalue weighted by molar-refractivity contribution is 5.81. The molecule has 5 heteroatoms. The summed E-state index contributed by atoms with van der Waals surface area (Å²) in [4.78, 5) is 2.11. The van der Waals surface area contributed by atoms with E-state index in [0.717, 1.165) is 25.3 Å². The molecule has 0 bridgehead atoms. The molecule has 1 aliphatic heterocycles. The zero-order chi connectivity index (χ0) is 13.8. The van der Waals surface area contributed by atoms with E-state index in [0.29, 0.717) is 6.54 Å². The third-order valence-corrected chi connectivity index (χ3v) is 3.38. The first kappa shape index (κ1) is 13.7. The van der Waals surface area contributed by atoms with E-state index < -0.39 is 0 Å². The number of oxime groups is 1. The minimum Gasteiger partial charge on any atom is -0.488 e. The van der Waals surface area contributed by atoms with Crippen LogP contribution in [0.2, 0.25) is 0 Å². The number of benzene rings is 1. The molecule has 0 fully saturated rings. The fourth-order valence-electron chi connectivity index (χ4n) is 2.41. The van der Waals surface area contributed by atoms with Crippen molar-refractivity contribution in [2.45, 2.75) is 26.4 Å². The molecule has 0 aromatic heterocycles. The molecule has 1 aromatic rings. The minimum atomic E-state index is 0.142. The third-order valence-electron chi connectivity index (χ3n) is 3.38. The van der Waals surface area contributed by atoms with Crippen molar-refractivity contribution in [2.24, 2.45) is 10.9 Å². The third kappa shape index (κ3) is 3.38. The van der Waals surface area contributed by atoms with Gasteiger partial charge in [-0.25, -0.2) is 0 Å². The van der Waals surface area contributed by atoms with Crippen LogP contribution < -0.4 is 10.5 Å². The first-order valence-electron chi connectivity index (χ1n) is 6.57. The normalized spacial score (nSPS) is 18.5. The number of hydrogen-bond acceptors (Lipinski definition) is 4. The highest BCUT2D eigenvalue weighted by Crippen LogP contribution is 2.29. The Morgan fingerprint density at radius 2 is 2.37 bits per heavy atom. The molecule has 3 N–H and O–H groups in total. The molecule has 1 aromatic carbocycles. The molecule has 0 amide bonds. The SMILES string of the molecule is CCN(CC(N)=NO)CC1Cc2cc(C)ccc2O1. The summed E-state index contributed by atoms with van der Waals surface area (Å²) >= 11 is 0. The van der Waals surface area contributed by atoms with Crippen LogP contribution in [-0.4, -0.2) is 41.7 Å². The number of ether oxygens (including phenoxy) is 1. The van der Waals surface area contributed by atoms with E-state index in [1.54, 1.807) is 0 Å². The van der Waals surface area contributed by atoms with Gasteiger partial charge in [0.1, 0.15) is 11.9 Å². The van der Waals surface area contributed by atoms with Crippen molar-refractivity contribution < 1.29 is 9.94 Å². The summed E-state index contributed by atoms with van der Waals surface area (Å²) in [7, 11) is 0. The summed E-state index contributed by atoms with van der Waals surface area (Å²) in [6.45, 7) is 6.22. The van der Waals surface area contributed by atoms with E-state index in [-0.39, 0.29) is 11.9 Å². The summed E-state index contributed by atoms with van der Waals surface area (Å²) in [5, 5.41) is 11.6. The van der Waals surface area contributed by atoms with E-state index in [2.05, 4.69) is 36.0 Å². The van der Waals surface area contributed by atoms with Crippen LogP contribution in [0.5, 0.6) is 5.75 Å². The van der Waals surface area contributed by atoms with Gasteiger partial charge in [-0.3, -0.25) is 4.90 Å². The van der Waals surface area contributed by atoms with Crippen molar-refractivity contribution >= 4 is 5.84 Å². The number of rotatable bonds is 5. The van der Waals surface area contributed by atoms with Crippen molar-refractivity contribution in [3.63, 3.8) is 0 Å². The molecule has 0 saturated carbocycles. The van der Waals surface area contributed by atoms with Gasteiger partial charge in [-0.05, 0) is 25.1 Å². The van der Waals surface area contributed by atoms with Crippen LogP contribution in [0.25, 0.3) is 0 Å². The van der Waals surface area contributed by atoms with Crippen molar-refractivity contribution in [1.29, 1.82) is 0 Å². The summed E-state index contributed by atoms with van der Waals surface area (Å²) in [5.41, 5.74) is 8.07. The van der Waals surface area contributed by atoms with E-state index in [4.69, 9.17) is 15.7 Å². The number of nitrogens with zero attached hydrogens (tertiary/aromatic N) is 2. The van der Waals surface area contributed by atoms with Gasteiger partial charge >= 0.3 is 0 Å². The van der Waals surface area contributed by atoms with Gasteiger partial charge in [-0.15, -0.1) is 0 Å². The van der Waals surface area contributed by atoms with Gasteiger partial charge in [0.05, 0.1) is 6.54 Å². The number of hydrogen-bond donors (Lipinski definition) is 2. The maximum Gasteiger partial charge on any atom is 0.153 e. The molecule has 2 rings (SSSR count). The van der Waals surface area contributed by atoms with Gasteiger partial charge in [-0.1, -0.05) is 29.8 Å². The molecule has 0 aliphatic carbocycles. The summed E-state index contributed by atoms with van der Waals surface area (Å²) in [6.07, 6.45) is 1.06. The predicted molar refractivity (Wildman–Crippen MR) is 74.8 cm³/mol. The lowest BCUT2D eigenvalue weighted by molar-refractivity contribution is 0.164. The zero-order valence-corrected chi connectivity index (χ0v) is 11.5. The second-order valence-corrected chi connectivity index (χ2v) is 4.97. The lowest BCUT2D eigenvalue weighted by Crippen LogP contribution is -2.40. The summed E-state index contributed by atoms with van der Waals surface area (Å²) in [5.74, 6) is 1.21. The van der Waals surface area contributed by atoms with E-state index >= 15 is 0 Å². The lowest BCUT2D eigenvalue weighted by Gasteiger charge is -2.22. The van der Waals surface area contributed by atoms with Gasteiger partial charge in [0, 0.05) is 13.0 Å². The van der Waals surface area contributed by atoms with Crippen molar-refractivity contribution in [3.8, 4) is 5.75 Å². The van der Waals surface area contributed by atoms with Gasteiger partial charge in [0.2, 0.25) is 0 Å². The Bertz CT molecular complexity index is 474. The van der Waals surface area contributed by atoms with Crippen LogP contribution in [-0.2, 0) is 6.42 Å². The van der Waals surface area contributed by atoms with Crippen molar-refractivity contribution in [3.05, 3.63) is 29.3 Å². The molecule has 5 nitrogen and oxygen atoms in total. The van der Waals surface area contributed by atoms with Crippen LogP contribution in [0.3, 0.4) is 0 Å². The first-order valence-corrected chi connectivity index (χ1v) is 6.57. The molecule has 104 valence electrons. The molecular formula is C14H21N3O2. The molecular weight excluding hydrogens is 242 g/mol. The van der Waals surface area contributed by atoms with Gasteiger partial charge in [0.15, 0.2) is 5.84 Å². The molecule has 1 heterocycles. The van der Waals surface area contributed by atoms with E-state index in [9.17, 15) is 0 Å². The average Bonchev–Trinajstić information content (AvgIpc) is 2.79. The maximum absolute atomic E-state index is 8.62. The van der Waals surface area contributed by atoms with E-state index in [1.165, 1.54) is 11.1 Å². The summed E-state index contributed by atoms with van der Waals surface area (Å²) < 4.78 is 5.92. The average molecular weight is 263 g/mol. The number of aryl methyl sites for hydroxylation is 1. The first-order chi connectivity index (χ1) is 9.12. The van der Waals surface area contributed by atoms with Crippen LogP contribution >= 0.6 is 0 Å². The standard InChI is InChI=1S/C14H21N3O2/c1-3-17(9-14(15)16-18)8-12-7-11-6-10(2)4-5-13(11)19-12/h4-6,12,18H,3,7-9H2,1-2H3,(H2,15,16). The largest absolute Gasteiger partial charge is 0.488 e. The zero-order valence-electron chi connectivity index (χ0n) is 11.5.